The number of hydrogen-bond acceptors (Lipinski definition) is 1. The van der Waals surface area contributed by atoms with Crippen LogP contribution in [0.15, 0.2) is 29.2 Å². The second-order valence-electron chi connectivity index (χ2n) is 1.81. The Morgan fingerprint density at radius 3 is 1.89 bits per heavy atom. The maximum atomic E-state index is 4.87. The minimum Gasteiger partial charge on any atom is 1.00 e. The van der Waals surface area contributed by atoms with Crippen molar-refractivity contribution in [3.8, 4) is 0 Å². The molecule has 1 aromatic rings. The van der Waals surface area contributed by atoms with Crippen LogP contribution in [0, 0.1) is 0 Å². The van der Waals surface area contributed by atoms with Gasteiger partial charge in [0.15, 0.2) is 0 Å². The van der Waals surface area contributed by atoms with Crippen LogP contribution < -0.4 is 33.8 Å². The Kier molecular flexibility index (Phi) is 5.34. The first-order chi connectivity index (χ1) is 3.79. The van der Waals surface area contributed by atoms with E-state index in [-0.39, 0.29) is 29.6 Å². The zero-order valence-electron chi connectivity index (χ0n) is 5.72. The normalized spacial score (nSPS) is 8.22. The third-order valence-electron chi connectivity index (χ3n) is 1.02. The van der Waals surface area contributed by atoms with Crippen molar-refractivity contribution in [2.75, 3.05) is 0 Å². The molecule has 0 aliphatic rings. The molecule has 1 rings (SSSR count). The summed E-state index contributed by atoms with van der Waals surface area (Å²) in [5.74, 6) is 0. The molecule has 0 spiro atoms. The smallest absolute Gasteiger partial charge is 1.00 e. The monoisotopic (exact) mass is 138 g/mol. The van der Waals surface area contributed by atoms with Crippen molar-refractivity contribution in [2.45, 2.75) is 4.90 Å². The SMILES string of the molecule is [Li][c]1ccc([S-])cc1.[Na+]. The van der Waals surface area contributed by atoms with Gasteiger partial charge in [-0.05, 0) is 0 Å². The van der Waals surface area contributed by atoms with Crippen molar-refractivity contribution in [2.24, 2.45) is 0 Å². The molecule has 0 unspecified atom stereocenters. The first kappa shape index (κ1) is 10.0. The van der Waals surface area contributed by atoms with E-state index in [0.29, 0.717) is 0 Å². The number of benzene rings is 1. The van der Waals surface area contributed by atoms with Crippen LogP contribution in [0.5, 0.6) is 0 Å². The van der Waals surface area contributed by atoms with Crippen LogP contribution in [-0.2, 0) is 12.6 Å². The van der Waals surface area contributed by atoms with Crippen LogP contribution >= 0.6 is 0 Å². The van der Waals surface area contributed by atoms with Crippen molar-refractivity contribution in [1.29, 1.82) is 0 Å². The summed E-state index contributed by atoms with van der Waals surface area (Å²) in [5.41, 5.74) is 0. The number of rotatable bonds is 0. The Morgan fingerprint density at radius 2 is 1.56 bits per heavy atom. The van der Waals surface area contributed by atoms with Gasteiger partial charge in [0.05, 0.1) is 0 Å². The summed E-state index contributed by atoms with van der Waals surface area (Å²) in [6.45, 7) is 0. The molecule has 0 heterocycles. The van der Waals surface area contributed by atoms with Crippen molar-refractivity contribution in [1.82, 2.24) is 0 Å². The quantitative estimate of drug-likeness (QED) is 0.279. The molecule has 0 aliphatic carbocycles. The van der Waals surface area contributed by atoms with E-state index < -0.39 is 0 Å². The largest absolute Gasteiger partial charge is 1.00 e. The first-order valence-electron chi connectivity index (χ1n) is 2.53. The van der Waals surface area contributed by atoms with Crippen molar-refractivity contribution in [3.63, 3.8) is 0 Å². The van der Waals surface area contributed by atoms with E-state index in [2.05, 4.69) is 17.7 Å². The molecule has 1 aromatic carbocycles. The van der Waals surface area contributed by atoms with E-state index in [1.807, 2.05) is 24.3 Å². The minimum absolute atomic E-state index is 0. The average molecular weight is 138 g/mol. The molecule has 3 heteroatoms. The second kappa shape index (κ2) is 4.79. The summed E-state index contributed by atoms with van der Waals surface area (Å²) in [5, 5.41) is 0. The minimum atomic E-state index is 0. The van der Waals surface area contributed by atoms with Crippen LogP contribution in [0.4, 0.5) is 0 Å². The van der Waals surface area contributed by atoms with Crippen LogP contribution in [0.3, 0.4) is 0 Å². The fourth-order valence-electron chi connectivity index (χ4n) is 0.538. The zero-order chi connectivity index (χ0) is 5.98. The summed E-state index contributed by atoms with van der Waals surface area (Å²) < 4.78 is 1.26. The number of hydrogen-bond donors (Lipinski definition) is 0. The molecule has 36 valence electrons. The van der Waals surface area contributed by atoms with E-state index >= 15 is 0 Å². The summed E-state index contributed by atoms with van der Waals surface area (Å²) in [7, 11) is 0. The summed E-state index contributed by atoms with van der Waals surface area (Å²) in [4.78, 5) is 0.913. The molecule has 0 aliphatic heterocycles. The summed E-state index contributed by atoms with van der Waals surface area (Å²) >= 11 is 6.92. The van der Waals surface area contributed by atoms with E-state index in [0.717, 1.165) is 4.90 Å². The van der Waals surface area contributed by atoms with Crippen LogP contribution in [0.1, 0.15) is 0 Å². The van der Waals surface area contributed by atoms with Gasteiger partial charge < -0.3 is 0 Å². The van der Waals surface area contributed by atoms with Crippen LogP contribution in [-0.4, -0.2) is 17.7 Å². The standard InChI is InChI=1S/C6H5S.Li.Na/c7-6-4-2-1-3-5-6;;/h2-5,7H;;/q;;+1/p-1. The molecular weight excluding hydrogens is 134 g/mol. The topological polar surface area (TPSA) is 0 Å². The molecule has 0 N–H and O–H groups in total. The van der Waals surface area contributed by atoms with Gasteiger partial charge in [-0.1, -0.05) is 0 Å². The summed E-state index contributed by atoms with van der Waals surface area (Å²) in [6.07, 6.45) is 0. The molecular formula is C6H4LiNaS. The zero-order valence-corrected chi connectivity index (χ0v) is 8.53. The molecule has 0 saturated heterocycles. The maximum absolute atomic E-state index is 4.87. The Labute approximate surface area is 92.3 Å². The van der Waals surface area contributed by atoms with Gasteiger partial charge in [0.2, 0.25) is 0 Å². The van der Waals surface area contributed by atoms with E-state index in [1.165, 1.54) is 4.24 Å². The van der Waals surface area contributed by atoms with E-state index in [9.17, 15) is 0 Å². The molecule has 0 atom stereocenters. The Morgan fingerprint density at radius 1 is 1.11 bits per heavy atom. The van der Waals surface area contributed by atoms with Gasteiger partial charge in [-0.15, -0.1) is 0 Å². The predicted molar refractivity (Wildman–Crippen MR) is 37.5 cm³/mol. The molecule has 0 radical (unpaired) electrons. The van der Waals surface area contributed by atoms with Gasteiger partial charge in [-0.3, -0.25) is 0 Å². The molecule has 0 bridgehead atoms. The molecule has 0 saturated carbocycles. The summed E-state index contributed by atoms with van der Waals surface area (Å²) in [6, 6.07) is 7.90. The average Bonchev–Trinajstić information content (AvgIpc) is 1.77. The molecule has 0 fully saturated rings. The molecule has 0 nitrogen and oxygen atoms in total. The van der Waals surface area contributed by atoms with Gasteiger partial charge in [0.1, 0.15) is 0 Å². The van der Waals surface area contributed by atoms with Gasteiger partial charge >= 0.3 is 93.3 Å². The fraction of sp³-hybridized carbons (Fsp3) is 0. The molecule has 9 heavy (non-hydrogen) atoms. The van der Waals surface area contributed by atoms with Gasteiger partial charge in [-0.25, -0.2) is 0 Å². The van der Waals surface area contributed by atoms with Crippen molar-refractivity contribution >= 4 is 34.6 Å². The van der Waals surface area contributed by atoms with E-state index in [4.69, 9.17) is 12.6 Å². The fourth-order valence-corrected chi connectivity index (χ4v) is 0.674. The molecule has 0 aromatic heterocycles. The van der Waals surface area contributed by atoms with Crippen LogP contribution in [0.25, 0.3) is 0 Å². The van der Waals surface area contributed by atoms with E-state index in [1.54, 1.807) is 0 Å². The van der Waals surface area contributed by atoms with Gasteiger partial charge in [0.25, 0.3) is 0 Å². The second-order valence-corrected chi connectivity index (χ2v) is 2.28. The Hall–Kier alpha value is 1.04. The van der Waals surface area contributed by atoms with Crippen LogP contribution in [0.2, 0.25) is 0 Å². The third-order valence-corrected chi connectivity index (χ3v) is 1.29. The predicted octanol–water partition coefficient (Wildman–Crippen LogP) is -2.61. The Balaban J connectivity index is 0.000000640. The van der Waals surface area contributed by atoms with Crippen molar-refractivity contribution in [3.05, 3.63) is 24.3 Å². The maximum Gasteiger partial charge on any atom is 1.00 e. The third kappa shape index (κ3) is 3.67. The first-order valence-corrected chi connectivity index (χ1v) is 2.93. The molecule has 0 amide bonds. The van der Waals surface area contributed by atoms with Gasteiger partial charge in [0, 0.05) is 0 Å². The van der Waals surface area contributed by atoms with Gasteiger partial charge in [-0.2, -0.15) is 0 Å². The van der Waals surface area contributed by atoms with Crippen molar-refractivity contribution < 1.29 is 29.6 Å². The Bertz CT molecular complexity index is 152.